The molecule has 0 radical (unpaired) electrons. The Bertz CT molecular complexity index is 1210. The molecule has 3 fully saturated rings. The van der Waals surface area contributed by atoms with E-state index in [0.29, 0.717) is 23.7 Å². The zero-order valence-electron chi connectivity index (χ0n) is 20.6. The summed E-state index contributed by atoms with van der Waals surface area (Å²) in [6.45, 7) is 5.17. The molecule has 3 aromatic rings. The minimum absolute atomic E-state index is 0.264. The lowest BCUT2D eigenvalue weighted by Gasteiger charge is -2.55. The average molecular weight is 491 g/mol. The second-order valence-corrected chi connectivity index (χ2v) is 9.47. The zero-order valence-corrected chi connectivity index (χ0v) is 20.6. The van der Waals surface area contributed by atoms with Crippen molar-refractivity contribution in [1.29, 1.82) is 0 Å². The maximum absolute atomic E-state index is 13.7. The molecule has 0 amide bonds. The number of hydrogen-bond donors (Lipinski definition) is 1. The number of carbonyl (C=O) groups is 1. The van der Waals surface area contributed by atoms with E-state index in [4.69, 9.17) is 24.5 Å². The maximum atomic E-state index is 13.7. The molecule has 3 atom stereocenters. The van der Waals surface area contributed by atoms with Crippen molar-refractivity contribution < 1.29 is 13.9 Å². The van der Waals surface area contributed by atoms with E-state index >= 15 is 0 Å². The first-order valence-electron chi connectivity index (χ1n) is 12.4. The number of ether oxygens (including phenoxy) is 1. The number of anilines is 3. The van der Waals surface area contributed by atoms with Crippen molar-refractivity contribution in [2.45, 2.75) is 37.8 Å². The Hall–Kier alpha value is -3.43. The largest absolute Gasteiger partial charge is 0.372 e. The Morgan fingerprint density at radius 2 is 2.03 bits per heavy atom. The summed E-state index contributed by atoms with van der Waals surface area (Å²) >= 11 is 0. The quantitative estimate of drug-likeness (QED) is 0.537. The predicted octanol–water partition coefficient (Wildman–Crippen LogP) is 4.02. The van der Waals surface area contributed by atoms with Crippen LogP contribution in [0.1, 0.15) is 31.5 Å². The maximum Gasteiger partial charge on any atom is 0.135 e. The van der Waals surface area contributed by atoms with Crippen LogP contribution in [0, 0.1) is 5.82 Å². The number of aromatic nitrogens is 3. The summed E-state index contributed by atoms with van der Waals surface area (Å²) in [4.78, 5) is 27.9. The summed E-state index contributed by atoms with van der Waals surface area (Å²) in [5.41, 5.74) is 2.42. The number of nitrogens with one attached hydrogen (secondary N) is 1. The minimum Gasteiger partial charge on any atom is -0.372 e. The first-order valence-corrected chi connectivity index (χ1v) is 12.4. The Labute approximate surface area is 210 Å². The lowest BCUT2D eigenvalue weighted by molar-refractivity contribution is -0.113. The van der Waals surface area contributed by atoms with Gasteiger partial charge in [-0.15, -0.1) is 0 Å². The molecule has 1 aromatic carbocycles. The van der Waals surface area contributed by atoms with Crippen molar-refractivity contribution >= 4 is 23.6 Å². The van der Waals surface area contributed by atoms with Crippen molar-refractivity contribution in [2.75, 3.05) is 43.5 Å². The summed E-state index contributed by atoms with van der Waals surface area (Å²) in [5, 5.41) is 3.26. The highest BCUT2D eigenvalue weighted by molar-refractivity contribution is 5.66. The highest BCUT2D eigenvalue weighted by atomic mass is 19.1. The van der Waals surface area contributed by atoms with Crippen LogP contribution in [0.15, 0.2) is 48.7 Å². The van der Waals surface area contributed by atoms with Crippen LogP contribution in [0.5, 0.6) is 0 Å². The van der Waals surface area contributed by atoms with Gasteiger partial charge in [0, 0.05) is 42.5 Å². The highest BCUT2D eigenvalue weighted by Crippen LogP contribution is 2.35. The van der Waals surface area contributed by atoms with Gasteiger partial charge in [-0.05, 0) is 63.7 Å². The lowest BCUT2D eigenvalue weighted by atomic mass is 9.95. The van der Waals surface area contributed by atoms with E-state index in [2.05, 4.69) is 34.3 Å². The number of likely N-dealkylation sites (tertiary alicyclic amines) is 1. The van der Waals surface area contributed by atoms with Crippen LogP contribution in [0.3, 0.4) is 0 Å². The number of benzene rings is 1. The van der Waals surface area contributed by atoms with E-state index in [-0.39, 0.29) is 11.7 Å². The second kappa shape index (κ2) is 10.7. The van der Waals surface area contributed by atoms with E-state index in [1.165, 1.54) is 19.1 Å². The van der Waals surface area contributed by atoms with Gasteiger partial charge in [0.1, 0.15) is 29.6 Å². The van der Waals surface area contributed by atoms with Gasteiger partial charge in [0.05, 0.1) is 24.4 Å². The lowest BCUT2D eigenvalue weighted by Crippen LogP contribution is -2.71. The van der Waals surface area contributed by atoms with E-state index in [1.807, 2.05) is 18.3 Å². The van der Waals surface area contributed by atoms with Gasteiger partial charge in [0.15, 0.2) is 0 Å². The molecular formula is C27H31FN6O2. The van der Waals surface area contributed by atoms with Gasteiger partial charge in [-0.1, -0.05) is 6.07 Å². The van der Waals surface area contributed by atoms with Gasteiger partial charge in [-0.2, -0.15) is 0 Å². The zero-order chi connectivity index (χ0) is 25.1. The number of carbonyl (C=O) groups excluding carboxylic acids is 1. The van der Waals surface area contributed by atoms with E-state index in [0.717, 1.165) is 68.3 Å². The first-order chi connectivity index (χ1) is 17.5. The van der Waals surface area contributed by atoms with Crippen molar-refractivity contribution in [3.8, 4) is 11.3 Å². The molecule has 36 heavy (non-hydrogen) atoms. The number of aldehydes is 1. The van der Waals surface area contributed by atoms with E-state index in [1.54, 1.807) is 6.07 Å². The third-order valence-electron chi connectivity index (χ3n) is 6.86. The number of nitrogens with zero attached hydrogens (tertiary/aromatic N) is 5. The molecule has 3 aliphatic heterocycles. The summed E-state index contributed by atoms with van der Waals surface area (Å²) in [6.07, 6.45) is 5.19. The van der Waals surface area contributed by atoms with Gasteiger partial charge in [-0.25, -0.2) is 19.3 Å². The molecule has 3 aliphatic rings. The number of piperidine rings is 1. The third-order valence-corrected chi connectivity index (χ3v) is 6.86. The van der Waals surface area contributed by atoms with Gasteiger partial charge in [-0.3, -0.25) is 0 Å². The fourth-order valence-corrected chi connectivity index (χ4v) is 4.90. The van der Waals surface area contributed by atoms with E-state index in [9.17, 15) is 4.39 Å². The molecule has 2 aromatic heterocycles. The van der Waals surface area contributed by atoms with Gasteiger partial charge < -0.3 is 24.6 Å². The molecule has 1 N–H and O–H groups in total. The number of fused-ring (bicyclic) bond motifs is 1. The number of pyridine rings is 1. The van der Waals surface area contributed by atoms with Crippen LogP contribution < -0.4 is 10.2 Å². The normalized spacial score (nSPS) is 22.9. The SMILES string of the molecule is CC=O.CN1CCCC(c2nc(Nc3cccc(F)c3)cc(-c3ccc(N4CC5OCC54)nc3)n2)C1. The molecule has 0 aliphatic carbocycles. The van der Waals surface area contributed by atoms with Crippen molar-refractivity contribution in [3.05, 3.63) is 60.3 Å². The number of morpholine rings is 1. The van der Waals surface area contributed by atoms with Crippen molar-refractivity contribution in [2.24, 2.45) is 0 Å². The topological polar surface area (TPSA) is 83.5 Å². The fourth-order valence-electron chi connectivity index (χ4n) is 4.90. The van der Waals surface area contributed by atoms with Crippen LogP contribution in [0.2, 0.25) is 0 Å². The van der Waals surface area contributed by atoms with Crippen molar-refractivity contribution in [3.63, 3.8) is 0 Å². The van der Waals surface area contributed by atoms with Crippen LogP contribution in [-0.2, 0) is 9.53 Å². The number of likely N-dealkylation sites (N-methyl/N-ethyl adjacent to an activating group) is 1. The summed E-state index contributed by atoms with van der Waals surface area (Å²) in [6, 6.07) is 12.9. The molecule has 0 bridgehead atoms. The minimum atomic E-state index is -0.284. The molecule has 0 spiro atoms. The Morgan fingerprint density at radius 1 is 1.17 bits per heavy atom. The summed E-state index contributed by atoms with van der Waals surface area (Å²) in [5.74, 6) is 2.44. The summed E-state index contributed by atoms with van der Waals surface area (Å²) in [7, 11) is 2.14. The Morgan fingerprint density at radius 3 is 2.67 bits per heavy atom. The predicted molar refractivity (Wildman–Crippen MR) is 137 cm³/mol. The fraction of sp³-hybridized carbons (Fsp3) is 0.407. The van der Waals surface area contributed by atoms with E-state index < -0.39 is 0 Å². The third kappa shape index (κ3) is 5.22. The van der Waals surface area contributed by atoms with Gasteiger partial charge in [0.25, 0.3) is 0 Å². The van der Waals surface area contributed by atoms with Gasteiger partial charge >= 0.3 is 0 Å². The Kier molecular flexibility index (Phi) is 7.20. The molecule has 5 heterocycles. The number of rotatable bonds is 5. The van der Waals surface area contributed by atoms with Crippen LogP contribution in [0.4, 0.5) is 21.7 Å². The number of hydrogen-bond acceptors (Lipinski definition) is 8. The molecule has 3 unspecified atom stereocenters. The first kappa shape index (κ1) is 24.3. The molecule has 8 nitrogen and oxygen atoms in total. The van der Waals surface area contributed by atoms with Crippen LogP contribution >= 0.6 is 0 Å². The molecule has 188 valence electrons. The van der Waals surface area contributed by atoms with Crippen LogP contribution in [-0.4, -0.2) is 71.6 Å². The molecule has 9 heteroatoms. The molecule has 3 saturated heterocycles. The Balaban J connectivity index is 0.000000848. The number of halogens is 1. The highest BCUT2D eigenvalue weighted by Gasteiger charge is 2.47. The standard InChI is InChI=1S/C25H27FN6O.C2H4O/c1-31-9-3-4-17(13-31)25-29-20(11-23(30-25)28-19-6-2-5-18(26)10-19)16-7-8-24(27-12-16)32-14-22-21(32)15-33-22;1-2-3/h2,5-8,10-12,17,21-22H,3-4,9,13-15H2,1H3,(H,28,29,30);2H,1H3. The van der Waals surface area contributed by atoms with Crippen LogP contribution in [0.25, 0.3) is 11.3 Å². The average Bonchev–Trinajstić information content (AvgIpc) is 2.86. The summed E-state index contributed by atoms with van der Waals surface area (Å²) < 4.78 is 19.2. The molecule has 0 saturated carbocycles. The van der Waals surface area contributed by atoms with Crippen molar-refractivity contribution in [1.82, 2.24) is 19.9 Å². The smallest absolute Gasteiger partial charge is 0.135 e. The van der Waals surface area contributed by atoms with Gasteiger partial charge in [0.2, 0.25) is 0 Å². The molecular weight excluding hydrogens is 459 g/mol. The molecule has 6 rings (SSSR count). The second-order valence-electron chi connectivity index (χ2n) is 9.47. The monoisotopic (exact) mass is 490 g/mol.